The molecule has 16 heavy (non-hydrogen) atoms. The van der Waals surface area contributed by atoms with E-state index in [4.69, 9.17) is 17.5 Å². The predicted molar refractivity (Wildman–Crippen MR) is 59.7 cm³/mol. The smallest absolute Gasteiger partial charge is 0.354 e. The van der Waals surface area contributed by atoms with Crippen molar-refractivity contribution in [1.82, 2.24) is 10.6 Å². The van der Waals surface area contributed by atoms with Gasteiger partial charge in [-0.1, -0.05) is 0 Å². The van der Waals surface area contributed by atoms with Crippen LogP contribution in [0, 0.1) is 0 Å². The molecule has 0 aromatic carbocycles. The second-order valence-corrected chi connectivity index (χ2v) is 3.34. The van der Waals surface area contributed by atoms with Crippen LogP contribution in [0.5, 0.6) is 0 Å². The minimum atomic E-state index is -4.67. The van der Waals surface area contributed by atoms with Crippen LogP contribution in [0.25, 0.3) is 0 Å². The molecule has 0 aromatic rings. The van der Waals surface area contributed by atoms with E-state index in [1.807, 2.05) is 0 Å². The summed E-state index contributed by atoms with van der Waals surface area (Å²) in [5, 5.41) is 5.05. The van der Waals surface area contributed by atoms with E-state index in [1.54, 1.807) is 6.26 Å². The Morgan fingerprint density at radius 1 is 1.50 bits per heavy atom. The molecule has 4 N–H and O–H groups in total. The van der Waals surface area contributed by atoms with E-state index in [-0.39, 0.29) is 17.9 Å². The lowest BCUT2D eigenvalue weighted by Crippen LogP contribution is -2.25. The van der Waals surface area contributed by atoms with Crippen molar-refractivity contribution < 1.29 is 27.1 Å². The number of carbonyl (C=O) groups is 2. The Hall–Kier alpha value is -0.840. The molecule has 0 aliphatic carbocycles. The van der Waals surface area contributed by atoms with Gasteiger partial charge >= 0.3 is 10.4 Å². The van der Waals surface area contributed by atoms with Crippen LogP contribution in [-0.2, 0) is 20.0 Å². The Morgan fingerprint density at radius 3 is 2.00 bits per heavy atom. The van der Waals surface area contributed by atoms with Crippen molar-refractivity contribution in [2.24, 2.45) is 0 Å². The fraction of sp³-hybridized carbons (Fsp3) is 0.667. The van der Waals surface area contributed by atoms with Gasteiger partial charge in [0.25, 0.3) is 0 Å². The van der Waals surface area contributed by atoms with Crippen molar-refractivity contribution >= 4 is 34.8 Å². The third-order valence-electron chi connectivity index (χ3n) is 1.10. The van der Waals surface area contributed by atoms with Crippen molar-refractivity contribution in [2.45, 2.75) is 13.0 Å². The molecule has 1 fully saturated rings. The van der Waals surface area contributed by atoms with Crippen LogP contribution in [0.3, 0.4) is 0 Å². The lowest BCUT2D eigenvalue weighted by atomic mass is 10.4. The molecule has 0 saturated carbocycles. The number of rotatable bonds is 2. The van der Waals surface area contributed by atoms with Gasteiger partial charge in [0.15, 0.2) is 0 Å². The second kappa shape index (κ2) is 8.33. The van der Waals surface area contributed by atoms with Gasteiger partial charge in [0.2, 0.25) is 11.8 Å². The standard InChI is InChI=1S/C5H8N2O2.CH4S.H2O4S/c1-3(8)6-2-4-5(9)7-4;1-2;1-5(2,3)4/h4H,2H2,1H3,(H,6,8)(H,7,9);2H,1H3;(H2,1,2,3,4). The first-order chi connectivity index (χ1) is 7.20. The van der Waals surface area contributed by atoms with Gasteiger partial charge in [0, 0.05) is 13.5 Å². The maximum absolute atomic E-state index is 10.2. The third-order valence-corrected chi connectivity index (χ3v) is 1.10. The molecule has 0 bridgehead atoms. The topological polar surface area (TPSA) is 143 Å². The van der Waals surface area contributed by atoms with Crippen LogP contribution in [0.2, 0.25) is 0 Å². The van der Waals surface area contributed by atoms with Crippen LogP contribution in [0.15, 0.2) is 0 Å². The Kier molecular flexibility index (Phi) is 9.14. The first-order valence-electron chi connectivity index (χ1n) is 3.89. The van der Waals surface area contributed by atoms with Crippen molar-refractivity contribution in [3.63, 3.8) is 0 Å². The van der Waals surface area contributed by atoms with Gasteiger partial charge in [-0.05, 0) is 6.26 Å². The summed E-state index contributed by atoms with van der Waals surface area (Å²) in [6.45, 7) is 1.85. The van der Waals surface area contributed by atoms with Crippen LogP contribution in [0.1, 0.15) is 6.92 Å². The van der Waals surface area contributed by atoms with Crippen LogP contribution in [-0.4, -0.2) is 48.2 Å². The van der Waals surface area contributed by atoms with Gasteiger partial charge in [0.1, 0.15) is 6.04 Å². The van der Waals surface area contributed by atoms with E-state index in [2.05, 4.69) is 23.3 Å². The molecule has 1 unspecified atom stereocenters. The fourth-order valence-electron chi connectivity index (χ4n) is 0.520. The average Bonchev–Trinajstić information content (AvgIpc) is 2.79. The van der Waals surface area contributed by atoms with Crippen molar-refractivity contribution in [1.29, 1.82) is 0 Å². The Morgan fingerprint density at radius 2 is 1.81 bits per heavy atom. The number of carbonyl (C=O) groups excluding carboxylic acids is 2. The molecule has 1 heterocycles. The van der Waals surface area contributed by atoms with Crippen molar-refractivity contribution in [3.8, 4) is 0 Å². The van der Waals surface area contributed by atoms with E-state index >= 15 is 0 Å². The third kappa shape index (κ3) is 18.9. The van der Waals surface area contributed by atoms with Gasteiger partial charge in [-0.25, -0.2) is 0 Å². The number of thiol groups is 1. The monoisotopic (exact) mass is 274 g/mol. The summed E-state index contributed by atoms with van der Waals surface area (Å²) < 4.78 is 31.6. The normalized spacial score (nSPS) is 16.8. The minimum absolute atomic E-state index is 0.0174. The molecule has 8 nitrogen and oxygen atoms in total. The summed E-state index contributed by atoms with van der Waals surface area (Å²) in [7, 11) is -4.67. The Bertz CT molecular complexity index is 320. The molecule has 0 spiro atoms. The molecule has 1 aliphatic rings. The van der Waals surface area contributed by atoms with Gasteiger partial charge in [-0.15, -0.1) is 0 Å². The van der Waals surface area contributed by atoms with Crippen molar-refractivity contribution in [2.75, 3.05) is 12.8 Å². The number of hydrogen-bond donors (Lipinski definition) is 5. The minimum Gasteiger partial charge on any atom is -0.354 e. The predicted octanol–water partition coefficient (Wildman–Crippen LogP) is -1.49. The molecule has 2 amide bonds. The van der Waals surface area contributed by atoms with Crippen LogP contribution >= 0.6 is 12.6 Å². The highest BCUT2D eigenvalue weighted by Gasteiger charge is 2.32. The summed E-state index contributed by atoms with van der Waals surface area (Å²) in [4.78, 5) is 20.5. The van der Waals surface area contributed by atoms with Crippen molar-refractivity contribution in [3.05, 3.63) is 0 Å². The lowest BCUT2D eigenvalue weighted by molar-refractivity contribution is -0.118. The summed E-state index contributed by atoms with van der Waals surface area (Å²) in [6.07, 6.45) is 1.69. The van der Waals surface area contributed by atoms with E-state index in [9.17, 15) is 9.59 Å². The summed E-state index contributed by atoms with van der Waals surface area (Å²) >= 11 is 3.53. The van der Waals surface area contributed by atoms with E-state index < -0.39 is 10.4 Å². The largest absolute Gasteiger partial charge is 0.394 e. The van der Waals surface area contributed by atoms with Gasteiger partial charge in [0.05, 0.1) is 0 Å². The number of hydrogen-bond acceptors (Lipinski definition) is 5. The fourth-order valence-corrected chi connectivity index (χ4v) is 0.520. The zero-order chi connectivity index (χ0) is 13.4. The van der Waals surface area contributed by atoms with E-state index in [0.29, 0.717) is 6.54 Å². The zero-order valence-corrected chi connectivity index (χ0v) is 10.4. The molecule has 1 atom stereocenters. The summed E-state index contributed by atoms with van der Waals surface area (Å²) in [6, 6.07) is -0.117. The molecular formula is C6H14N2O6S2. The molecule has 10 heteroatoms. The van der Waals surface area contributed by atoms with Crippen LogP contribution < -0.4 is 10.6 Å². The summed E-state index contributed by atoms with van der Waals surface area (Å²) in [5.74, 6) is -0.0831. The van der Waals surface area contributed by atoms with E-state index in [1.165, 1.54) is 6.92 Å². The highest BCUT2D eigenvalue weighted by atomic mass is 32.3. The molecule has 96 valence electrons. The van der Waals surface area contributed by atoms with Gasteiger partial charge in [-0.2, -0.15) is 21.0 Å². The highest BCUT2D eigenvalue weighted by Crippen LogP contribution is 1.95. The second-order valence-electron chi connectivity index (χ2n) is 2.45. The van der Waals surface area contributed by atoms with Gasteiger partial charge < -0.3 is 10.6 Å². The molecular weight excluding hydrogens is 260 g/mol. The average molecular weight is 274 g/mol. The quantitative estimate of drug-likeness (QED) is 0.236. The Labute approximate surface area is 98.8 Å². The molecule has 1 saturated heterocycles. The zero-order valence-electron chi connectivity index (χ0n) is 8.67. The number of amides is 2. The van der Waals surface area contributed by atoms with E-state index in [0.717, 1.165) is 0 Å². The SMILES string of the molecule is CC(=O)NCC1NC1=O.CS.O=S(=O)(O)O. The molecule has 1 aliphatic heterocycles. The first-order valence-corrected chi connectivity index (χ1v) is 6.18. The molecule has 1 rings (SSSR count). The maximum atomic E-state index is 10.2. The number of nitrogens with one attached hydrogen (secondary N) is 2. The first kappa shape index (κ1) is 17.6. The summed E-state index contributed by atoms with van der Waals surface area (Å²) in [5.41, 5.74) is 0. The maximum Gasteiger partial charge on any atom is 0.394 e. The molecule has 0 radical (unpaired) electrons. The van der Waals surface area contributed by atoms with Gasteiger partial charge in [-0.3, -0.25) is 18.7 Å². The lowest BCUT2D eigenvalue weighted by Gasteiger charge is -1.93. The highest BCUT2D eigenvalue weighted by molar-refractivity contribution is 7.80. The molecule has 0 aromatic heterocycles. The van der Waals surface area contributed by atoms with Crippen LogP contribution in [0.4, 0.5) is 0 Å². The Balaban J connectivity index is 0.